The van der Waals surface area contributed by atoms with Crippen LogP contribution in [0.2, 0.25) is 5.02 Å². The topological polar surface area (TPSA) is 311 Å². The van der Waals surface area contributed by atoms with Crippen LogP contribution in [0.25, 0.3) is 11.2 Å². The Morgan fingerprint density at radius 3 is 2.56 bits per heavy atom. The molecule has 0 aliphatic carbocycles. The van der Waals surface area contributed by atoms with E-state index in [1.807, 2.05) is 0 Å². The molecule has 3 heterocycles. The van der Waals surface area contributed by atoms with E-state index in [0.29, 0.717) is 0 Å². The molecule has 5 atom stereocenters. The molecule has 224 valence electrons. The van der Waals surface area contributed by atoms with Gasteiger partial charge < -0.3 is 40.5 Å². The molecule has 1 fully saturated rings. The smallest absolute Gasteiger partial charge is 0.456 e. The second-order valence-corrected chi connectivity index (χ2v) is 13.1. The van der Waals surface area contributed by atoms with E-state index >= 15 is 0 Å². The van der Waals surface area contributed by atoms with Crippen LogP contribution in [0.1, 0.15) is 23.0 Å². The number of imidazole rings is 1. The van der Waals surface area contributed by atoms with Gasteiger partial charge in [0.25, 0.3) is 5.56 Å². The summed E-state index contributed by atoms with van der Waals surface area (Å²) in [5, 5.41) is 0.162. The maximum absolute atomic E-state index is 12.9. The van der Waals surface area contributed by atoms with Crippen LogP contribution >= 0.6 is 35.1 Å². The van der Waals surface area contributed by atoms with Crippen LogP contribution < -0.4 is 17.0 Å². The molecule has 0 spiro atoms. The van der Waals surface area contributed by atoms with E-state index in [2.05, 4.69) is 28.1 Å². The van der Waals surface area contributed by atoms with Crippen molar-refractivity contribution in [1.29, 1.82) is 0 Å². The summed E-state index contributed by atoms with van der Waals surface area (Å²) in [7, 11) is -17.0. The zero-order valence-corrected chi connectivity index (χ0v) is 23.5. The van der Waals surface area contributed by atoms with Gasteiger partial charge in [0.05, 0.1) is 18.5 Å². The van der Waals surface area contributed by atoms with E-state index in [1.54, 1.807) is 0 Å². The molecule has 41 heavy (non-hydrogen) atoms. The molecule has 0 saturated carbocycles. The molecule has 5 unspecified atom stereocenters. The maximum Gasteiger partial charge on any atom is 0.490 e. The number of phosphoric acid groups is 3. The van der Waals surface area contributed by atoms with Crippen molar-refractivity contribution in [3.8, 4) is 0 Å². The van der Waals surface area contributed by atoms with Crippen molar-refractivity contribution in [2.75, 3.05) is 18.1 Å². The summed E-state index contributed by atoms with van der Waals surface area (Å²) in [4.78, 5) is 71.8. The molecule has 0 bridgehead atoms. The molecule has 4 rings (SSSR count). The van der Waals surface area contributed by atoms with Gasteiger partial charge in [-0.05, 0) is 18.2 Å². The zero-order chi connectivity index (χ0) is 30.3. The van der Waals surface area contributed by atoms with Gasteiger partial charge in [-0.25, -0.2) is 23.5 Å². The van der Waals surface area contributed by atoms with Crippen LogP contribution in [0.5, 0.6) is 0 Å². The number of nitrogens with one attached hydrogen (secondary N) is 1. The van der Waals surface area contributed by atoms with E-state index in [-0.39, 0.29) is 39.8 Å². The van der Waals surface area contributed by atoms with Gasteiger partial charge in [0.15, 0.2) is 11.2 Å². The number of fused-ring (bicyclic) bond motifs is 1. The fourth-order valence-corrected chi connectivity index (χ4v) is 6.88. The SMILES string of the molecule is Nc1nc2c(ncn2C2CC(OC(=O)c3cc(Cl)ccc3N)C(COP(=O)(O)OP(=O)(O)OP(=O)(O)O)O2)c(=O)[nH]1. The first-order valence-electron chi connectivity index (χ1n) is 10.9. The fourth-order valence-electron chi connectivity index (χ4n) is 3.68. The summed E-state index contributed by atoms with van der Waals surface area (Å²) in [5.41, 5.74) is 10.5. The predicted molar refractivity (Wildman–Crippen MR) is 136 cm³/mol. The minimum atomic E-state index is -5.79. The van der Waals surface area contributed by atoms with Gasteiger partial charge in [-0.15, -0.1) is 0 Å². The number of hydrogen-bond donors (Lipinski definition) is 7. The Morgan fingerprint density at radius 1 is 1.17 bits per heavy atom. The van der Waals surface area contributed by atoms with Crippen LogP contribution in [0.4, 0.5) is 11.6 Å². The molecule has 1 saturated heterocycles. The molecular weight excluding hydrogens is 641 g/mol. The molecule has 1 aliphatic heterocycles. The quantitative estimate of drug-likeness (QED) is 0.0897. The van der Waals surface area contributed by atoms with Crippen molar-refractivity contribution in [2.24, 2.45) is 0 Å². The molecule has 2 aromatic heterocycles. The van der Waals surface area contributed by atoms with Crippen LogP contribution in [-0.2, 0) is 36.3 Å². The highest BCUT2D eigenvalue weighted by Crippen LogP contribution is 2.66. The second kappa shape index (κ2) is 11.5. The van der Waals surface area contributed by atoms with Crippen molar-refractivity contribution in [1.82, 2.24) is 19.5 Å². The molecule has 0 radical (unpaired) electrons. The maximum atomic E-state index is 12.9. The third-order valence-corrected chi connectivity index (χ3v) is 9.29. The molecule has 1 aliphatic rings. The highest BCUT2D eigenvalue weighted by Gasteiger charge is 2.44. The summed E-state index contributed by atoms with van der Waals surface area (Å²) >= 11 is 5.93. The summed E-state index contributed by atoms with van der Waals surface area (Å²) in [6, 6.07) is 4.01. The minimum absolute atomic E-state index is 0.0131. The normalized spacial score (nSPS) is 22.3. The first-order valence-corrected chi connectivity index (χ1v) is 15.7. The van der Waals surface area contributed by atoms with Crippen molar-refractivity contribution < 1.29 is 60.7 Å². The number of phosphoric ester groups is 1. The number of esters is 1. The second-order valence-electron chi connectivity index (χ2n) is 8.20. The van der Waals surface area contributed by atoms with Crippen molar-refractivity contribution in [3.05, 3.63) is 45.5 Å². The fraction of sp³-hybridized carbons (Fsp3) is 0.294. The summed E-state index contributed by atoms with van der Waals surface area (Å²) in [6.45, 7) is -0.952. The third kappa shape index (κ3) is 7.78. The number of anilines is 2. The number of benzene rings is 1. The lowest BCUT2D eigenvalue weighted by atomic mass is 10.1. The monoisotopic (exact) mass is 660 g/mol. The first-order chi connectivity index (χ1) is 18.9. The zero-order valence-electron chi connectivity index (χ0n) is 20.0. The van der Waals surface area contributed by atoms with Gasteiger partial charge in [-0.3, -0.25) is 18.9 Å². The number of halogens is 1. The van der Waals surface area contributed by atoms with E-state index in [4.69, 9.17) is 42.3 Å². The van der Waals surface area contributed by atoms with Crippen molar-refractivity contribution >= 4 is 63.8 Å². The number of carbonyl (C=O) groups is 1. The molecule has 3 aromatic rings. The van der Waals surface area contributed by atoms with E-state index in [9.17, 15) is 33.1 Å². The Hall–Kier alpha value is -2.70. The van der Waals surface area contributed by atoms with Gasteiger partial charge in [0.2, 0.25) is 5.95 Å². The van der Waals surface area contributed by atoms with E-state index in [0.717, 1.165) is 0 Å². The van der Waals surface area contributed by atoms with Crippen LogP contribution in [-0.4, -0.2) is 63.9 Å². The average molecular weight is 661 g/mol. The summed E-state index contributed by atoms with van der Waals surface area (Å²) in [6.07, 6.45) is -2.76. The number of hydrogen-bond acceptors (Lipinski definition) is 14. The lowest BCUT2D eigenvalue weighted by Crippen LogP contribution is -2.31. The van der Waals surface area contributed by atoms with Crippen molar-refractivity contribution in [2.45, 2.75) is 24.9 Å². The number of aromatic amines is 1. The Labute approximate surface area is 232 Å². The minimum Gasteiger partial charge on any atom is -0.456 e. The number of carbonyl (C=O) groups excluding carboxylic acids is 1. The Balaban J connectivity index is 1.58. The van der Waals surface area contributed by atoms with Crippen LogP contribution in [0.3, 0.4) is 0 Å². The van der Waals surface area contributed by atoms with Gasteiger partial charge in [-0.1, -0.05) is 11.6 Å². The van der Waals surface area contributed by atoms with Crippen LogP contribution in [0, 0.1) is 0 Å². The van der Waals surface area contributed by atoms with Gasteiger partial charge in [0.1, 0.15) is 18.4 Å². The largest absolute Gasteiger partial charge is 0.490 e. The number of aromatic nitrogens is 4. The number of ether oxygens (including phenoxy) is 2. The third-order valence-electron chi connectivity index (χ3n) is 5.25. The van der Waals surface area contributed by atoms with Gasteiger partial charge in [0, 0.05) is 17.1 Å². The number of H-pyrrole nitrogens is 1. The predicted octanol–water partition coefficient (Wildman–Crippen LogP) is 0.794. The Kier molecular flexibility index (Phi) is 8.78. The number of nitrogen functional groups attached to an aromatic ring is 2. The standard InChI is InChI=1S/C17H20ClN6O14P3/c18-7-1-2-9(19)8(3-7)16(26)36-10-4-12(24-6-21-13-14(24)22-17(20)23-15(13)25)35-11(10)5-34-40(30,31)38-41(32,33)37-39(27,28)29/h1-3,6,10-12H,4-5,19H2,(H,30,31)(H,32,33)(H2,27,28,29)(H3,20,22,23,25). The lowest BCUT2D eigenvalue weighted by molar-refractivity contribution is -0.0489. The summed E-state index contributed by atoms with van der Waals surface area (Å²) < 4.78 is 59.3. The number of nitrogens with two attached hydrogens (primary N) is 2. The number of nitrogens with zero attached hydrogens (tertiary/aromatic N) is 3. The van der Waals surface area contributed by atoms with Gasteiger partial charge >= 0.3 is 29.4 Å². The van der Waals surface area contributed by atoms with Gasteiger partial charge in [-0.2, -0.15) is 13.6 Å². The van der Waals surface area contributed by atoms with E-state index in [1.165, 1.54) is 29.1 Å². The highest BCUT2D eigenvalue weighted by atomic mass is 35.5. The Bertz CT molecular complexity index is 1690. The molecule has 20 nitrogen and oxygen atoms in total. The number of rotatable bonds is 10. The van der Waals surface area contributed by atoms with E-state index < -0.39 is 60.0 Å². The first kappa shape index (κ1) is 31.2. The highest BCUT2D eigenvalue weighted by molar-refractivity contribution is 7.66. The van der Waals surface area contributed by atoms with Crippen LogP contribution in [0.15, 0.2) is 29.3 Å². The molecule has 1 aromatic carbocycles. The molecule has 0 amide bonds. The summed E-state index contributed by atoms with van der Waals surface area (Å²) in [5.74, 6) is -1.22. The molecule has 9 N–H and O–H groups in total. The molecule has 24 heteroatoms. The molecular formula is C17H20ClN6O14P3. The lowest BCUT2D eigenvalue weighted by Gasteiger charge is -2.21. The Morgan fingerprint density at radius 2 is 1.88 bits per heavy atom. The van der Waals surface area contributed by atoms with Crippen molar-refractivity contribution in [3.63, 3.8) is 0 Å². The average Bonchev–Trinajstić information content (AvgIpc) is 3.41.